The molecule has 1 heterocycles. The zero-order chi connectivity index (χ0) is 19.8. The van der Waals surface area contributed by atoms with Crippen LogP contribution in [0, 0.1) is 11.3 Å². The Labute approximate surface area is 167 Å². The molecule has 0 bridgehead atoms. The van der Waals surface area contributed by atoms with Gasteiger partial charge in [0.25, 0.3) is 0 Å². The van der Waals surface area contributed by atoms with Gasteiger partial charge in [0.15, 0.2) is 0 Å². The van der Waals surface area contributed by atoms with E-state index < -0.39 is 0 Å². The van der Waals surface area contributed by atoms with Gasteiger partial charge in [-0.1, -0.05) is 23.9 Å². The lowest BCUT2D eigenvalue weighted by Gasteiger charge is -2.06. The Kier molecular flexibility index (Phi) is 6.60. The van der Waals surface area contributed by atoms with Crippen LogP contribution >= 0.6 is 11.8 Å². The van der Waals surface area contributed by atoms with E-state index in [4.69, 9.17) is 10.00 Å². The third-order valence-electron chi connectivity index (χ3n) is 3.80. The van der Waals surface area contributed by atoms with E-state index in [-0.39, 0.29) is 12.3 Å². The van der Waals surface area contributed by atoms with Crippen LogP contribution in [0.25, 0.3) is 0 Å². The van der Waals surface area contributed by atoms with Crippen molar-refractivity contribution in [3.8, 4) is 11.8 Å². The molecule has 1 aromatic heterocycles. The number of methoxy groups -OCH3 is 1. The minimum Gasteiger partial charge on any atom is -0.497 e. The fourth-order valence-electron chi connectivity index (χ4n) is 2.45. The highest BCUT2D eigenvalue weighted by Gasteiger charge is 2.05. The lowest BCUT2D eigenvalue weighted by molar-refractivity contribution is -0.115. The largest absolute Gasteiger partial charge is 0.497 e. The van der Waals surface area contributed by atoms with Crippen molar-refractivity contribution in [1.29, 1.82) is 5.26 Å². The van der Waals surface area contributed by atoms with E-state index in [2.05, 4.69) is 15.3 Å². The van der Waals surface area contributed by atoms with Crippen LogP contribution in [0.15, 0.2) is 70.7 Å². The predicted molar refractivity (Wildman–Crippen MR) is 107 cm³/mol. The molecule has 0 radical (unpaired) electrons. The number of carbonyl (C=O) groups is 1. The molecule has 6 nitrogen and oxygen atoms in total. The molecule has 1 N–H and O–H groups in total. The van der Waals surface area contributed by atoms with Crippen molar-refractivity contribution >= 4 is 23.4 Å². The fraction of sp³-hybridized carbons (Fsp3) is 0.143. The molecule has 0 spiro atoms. The molecule has 28 heavy (non-hydrogen) atoms. The lowest BCUT2D eigenvalue weighted by Crippen LogP contribution is -2.09. The Hall–Kier alpha value is -3.37. The van der Waals surface area contributed by atoms with Crippen LogP contribution in [0.1, 0.15) is 17.8 Å². The molecule has 3 aromatic rings. The number of nitriles is 1. The van der Waals surface area contributed by atoms with Gasteiger partial charge in [0, 0.05) is 23.2 Å². The number of amides is 1. The summed E-state index contributed by atoms with van der Waals surface area (Å²) in [5.74, 6) is 1.25. The number of aromatic nitrogens is 2. The van der Waals surface area contributed by atoms with Crippen molar-refractivity contribution in [2.24, 2.45) is 0 Å². The van der Waals surface area contributed by atoms with Crippen molar-refractivity contribution < 1.29 is 9.53 Å². The van der Waals surface area contributed by atoms with Crippen molar-refractivity contribution in [3.05, 3.63) is 72.2 Å². The second kappa shape index (κ2) is 9.53. The standard InChI is InChI=1S/C21H18N4O2S/c1-27-17-6-2-15(3-7-17)14-19-23-13-11-21(25-19)28-18-8-4-16(5-9-18)24-20(26)10-12-22/h2-9,11,13H,10,14H2,1H3,(H,24,26). The van der Waals surface area contributed by atoms with Gasteiger partial charge < -0.3 is 10.1 Å². The summed E-state index contributed by atoms with van der Waals surface area (Å²) < 4.78 is 5.17. The normalized spacial score (nSPS) is 10.1. The van der Waals surface area contributed by atoms with E-state index in [1.54, 1.807) is 25.4 Å². The summed E-state index contributed by atoms with van der Waals surface area (Å²) in [6.07, 6.45) is 2.24. The Morgan fingerprint density at radius 2 is 1.89 bits per heavy atom. The molecule has 0 atom stereocenters. The van der Waals surface area contributed by atoms with Gasteiger partial charge in [-0.3, -0.25) is 4.79 Å². The van der Waals surface area contributed by atoms with Gasteiger partial charge in [-0.05, 0) is 48.0 Å². The van der Waals surface area contributed by atoms with Gasteiger partial charge in [0.2, 0.25) is 5.91 Å². The zero-order valence-electron chi connectivity index (χ0n) is 15.3. The SMILES string of the molecule is COc1ccc(Cc2nccc(Sc3ccc(NC(=O)CC#N)cc3)n2)cc1. The molecule has 140 valence electrons. The number of hydrogen-bond acceptors (Lipinski definition) is 6. The van der Waals surface area contributed by atoms with Gasteiger partial charge in [-0.15, -0.1) is 0 Å². The molecule has 3 rings (SSSR count). The van der Waals surface area contributed by atoms with Crippen LogP contribution in [-0.4, -0.2) is 23.0 Å². The summed E-state index contributed by atoms with van der Waals surface area (Å²) in [7, 11) is 1.64. The number of rotatable bonds is 7. The number of hydrogen-bond donors (Lipinski definition) is 1. The number of anilines is 1. The van der Waals surface area contributed by atoms with Crippen molar-refractivity contribution in [2.75, 3.05) is 12.4 Å². The first-order chi connectivity index (χ1) is 13.7. The van der Waals surface area contributed by atoms with E-state index in [9.17, 15) is 4.79 Å². The monoisotopic (exact) mass is 390 g/mol. The lowest BCUT2D eigenvalue weighted by atomic mass is 10.1. The average molecular weight is 390 g/mol. The highest BCUT2D eigenvalue weighted by atomic mass is 32.2. The molecular formula is C21H18N4O2S. The smallest absolute Gasteiger partial charge is 0.238 e. The second-order valence-corrected chi connectivity index (χ2v) is 6.94. The van der Waals surface area contributed by atoms with Crippen molar-refractivity contribution in [1.82, 2.24) is 9.97 Å². The number of carbonyl (C=O) groups excluding carboxylic acids is 1. The van der Waals surface area contributed by atoms with Crippen LogP contribution in [0.2, 0.25) is 0 Å². The Morgan fingerprint density at radius 3 is 2.57 bits per heavy atom. The molecule has 0 aliphatic heterocycles. The summed E-state index contributed by atoms with van der Waals surface area (Å²) in [5.41, 5.74) is 1.77. The molecule has 2 aromatic carbocycles. The first kappa shape index (κ1) is 19.4. The highest BCUT2D eigenvalue weighted by Crippen LogP contribution is 2.27. The number of nitrogens with one attached hydrogen (secondary N) is 1. The Balaban J connectivity index is 1.63. The van der Waals surface area contributed by atoms with Gasteiger partial charge in [0.1, 0.15) is 23.0 Å². The van der Waals surface area contributed by atoms with Crippen LogP contribution in [0.5, 0.6) is 5.75 Å². The van der Waals surface area contributed by atoms with Crippen molar-refractivity contribution in [3.63, 3.8) is 0 Å². The van der Waals surface area contributed by atoms with Crippen LogP contribution in [-0.2, 0) is 11.2 Å². The number of nitrogens with zero attached hydrogens (tertiary/aromatic N) is 3. The van der Waals surface area contributed by atoms with Crippen molar-refractivity contribution in [2.45, 2.75) is 22.8 Å². The minimum atomic E-state index is -0.318. The Morgan fingerprint density at radius 1 is 1.14 bits per heavy atom. The molecule has 0 unspecified atom stereocenters. The summed E-state index contributed by atoms with van der Waals surface area (Å²) in [4.78, 5) is 21.4. The zero-order valence-corrected chi connectivity index (χ0v) is 16.1. The van der Waals surface area contributed by atoms with Gasteiger partial charge in [0.05, 0.1) is 13.2 Å². The molecular weight excluding hydrogens is 372 g/mol. The molecule has 0 saturated carbocycles. The Bertz CT molecular complexity index is 983. The van der Waals surface area contributed by atoms with Gasteiger partial charge in [-0.25, -0.2) is 9.97 Å². The van der Waals surface area contributed by atoms with E-state index in [1.807, 2.05) is 48.5 Å². The third-order valence-corrected chi connectivity index (χ3v) is 4.75. The second-order valence-electron chi connectivity index (χ2n) is 5.85. The van der Waals surface area contributed by atoms with E-state index in [0.717, 1.165) is 27.1 Å². The maximum absolute atomic E-state index is 11.4. The van der Waals surface area contributed by atoms with Gasteiger partial charge in [-0.2, -0.15) is 5.26 Å². The molecule has 0 fully saturated rings. The molecule has 1 amide bonds. The molecule has 0 aliphatic rings. The fourth-order valence-corrected chi connectivity index (χ4v) is 3.25. The van der Waals surface area contributed by atoms with Crippen LogP contribution in [0.3, 0.4) is 0 Å². The first-order valence-electron chi connectivity index (χ1n) is 8.56. The molecule has 0 aliphatic carbocycles. The highest BCUT2D eigenvalue weighted by molar-refractivity contribution is 7.99. The summed E-state index contributed by atoms with van der Waals surface area (Å²) in [6, 6.07) is 18.9. The summed E-state index contributed by atoms with van der Waals surface area (Å²) in [5, 5.41) is 12.1. The third kappa shape index (κ3) is 5.56. The molecule has 7 heteroatoms. The summed E-state index contributed by atoms with van der Waals surface area (Å²) >= 11 is 1.52. The van der Waals surface area contributed by atoms with Crippen LogP contribution < -0.4 is 10.1 Å². The van der Waals surface area contributed by atoms with E-state index in [1.165, 1.54) is 11.8 Å². The van der Waals surface area contributed by atoms with E-state index >= 15 is 0 Å². The maximum atomic E-state index is 11.4. The minimum absolute atomic E-state index is 0.158. The predicted octanol–water partition coefficient (Wildman–Crippen LogP) is 4.08. The average Bonchev–Trinajstić information content (AvgIpc) is 2.71. The quantitative estimate of drug-likeness (QED) is 0.612. The molecule has 0 saturated heterocycles. The van der Waals surface area contributed by atoms with Gasteiger partial charge >= 0.3 is 0 Å². The number of ether oxygens (including phenoxy) is 1. The first-order valence-corrected chi connectivity index (χ1v) is 9.37. The topological polar surface area (TPSA) is 87.9 Å². The van der Waals surface area contributed by atoms with E-state index in [0.29, 0.717) is 12.1 Å². The summed E-state index contributed by atoms with van der Waals surface area (Å²) in [6.45, 7) is 0. The maximum Gasteiger partial charge on any atom is 0.238 e. The number of benzene rings is 2. The van der Waals surface area contributed by atoms with Crippen LogP contribution in [0.4, 0.5) is 5.69 Å².